The number of carbonyl (C=O) groups is 2. The zero-order chi connectivity index (χ0) is 26.2. The van der Waals surface area contributed by atoms with Gasteiger partial charge in [-0.15, -0.1) is 11.3 Å². The van der Waals surface area contributed by atoms with Gasteiger partial charge >= 0.3 is 0 Å². The van der Waals surface area contributed by atoms with Gasteiger partial charge in [-0.1, -0.05) is 23.8 Å². The minimum atomic E-state index is -0.212. The van der Waals surface area contributed by atoms with E-state index in [9.17, 15) is 9.59 Å². The number of hydrogen-bond donors (Lipinski definition) is 0. The van der Waals surface area contributed by atoms with Crippen molar-refractivity contribution in [3.8, 4) is 11.5 Å². The number of nitrogens with zero attached hydrogens (tertiary/aromatic N) is 2. The van der Waals surface area contributed by atoms with E-state index in [0.717, 1.165) is 23.3 Å². The van der Waals surface area contributed by atoms with Gasteiger partial charge in [0, 0.05) is 37.2 Å². The largest absolute Gasteiger partial charge is 0.497 e. The summed E-state index contributed by atoms with van der Waals surface area (Å²) in [5.74, 6) is 1.07. The third-order valence-corrected chi connectivity index (χ3v) is 7.55. The molecule has 37 heavy (non-hydrogen) atoms. The molecule has 0 saturated heterocycles. The Hall–Kier alpha value is -3.36. The van der Waals surface area contributed by atoms with Gasteiger partial charge in [0.2, 0.25) is 5.91 Å². The third-order valence-electron chi connectivity index (χ3n) is 6.55. The zero-order valence-corrected chi connectivity index (χ0v) is 22.5. The van der Waals surface area contributed by atoms with Crippen LogP contribution in [0.1, 0.15) is 38.8 Å². The van der Waals surface area contributed by atoms with Gasteiger partial charge in [0.1, 0.15) is 24.7 Å². The van der Waals surface area contributed by atoms with Crippen LogP contribution >= 0.6 is 11.3 Å². The summed E-state index contributed by atoms with van der Waals surface area (Å²) in [5, 5.41) is 2.07. The van der Waals surface area contributed by atoms with Crippen molar-refractivity contribution >= 4 is 23.2 Å². The minimum absolute atomic E-state index is 0.0136. The summed E-state index contributed by atoms with van der Waals surface area (Å²) in [6, 6.07) is 16.8. The number of methoxy groups -OCH3 is 2. The first-order chi connectivity index (χ1) is 18.0. The summed E-state index contributed by atoms with van der Waals surface area (Å²) in [5.41, 5.74) is 2.78. The zero-order valence-electron chi connectivity index (χ0n) is 21.6. The van der Waals surface area contributed by atoms with Crippen LogP contribution in [0.4, 0.5) is 0 Å². The maximum Gasteiger partial charge on any atom is 0.254 e. The fourth-order valence-corrected chi connectivity index (χ4v) is 5.46. The van der Waals surface area contributed by atoms with Gasteiger partial charge in [-0.2, -0.15) is 0 Å². The number of carbonyl (C=O) groups excluding carboxylic acids is 2. The molecule has 0 unspecified atom stereocenters. The van der Waals surface area contributed by atoms with Crippen molar-refractivity contribution in [2.45, 2.75) is 25.8 Å². The highest BCUT2D eigenvalue weighted by Gasteiger charge is 2.33. The molecular weight excluding hydrogens is 488 g/mol. The van der Waals surface area contributed by atoms with Crippen molar-refractivity contribution < 1.29 is 23.8 Å². The predicted molar refractivity (Wildman–Crippen MR) is 145 cm³/mol. The van der Waals surface area contributed by atoms with Crippen molar-refractivity contribution in [2.24, 2.45) is 0 Å². The fourth-order valence-electron chi connectivity index (χ4n) is 4.53. The number of thiophene rings is 1. The van der Waals surface area contributed by atoms with Gasteiger partial charge in [0.25, 0.3) is 5.91 Å². The van der Waals surface area contributed by atoms with Gasteiger partial charge in [0.15, 0.2) is 0 Å². The van der Waals surface area contributed by atoms with Crippen LogP contribution in [0, 0.1) is 6.92 Å². The van der Waals surface area contributed by atoms with Crippen LogP contribution in [0.5, 0.6) is 11.5 Å². The van der Waals surface area contributed by atoms with Crippen LogP contribution in [0.2, 0.25) is 0 Å². The summed E-state index contributed by atoms with van der Waals surface area (Å²) >= 11 is 1.72. The Morgan fingerprint density at radius 3 is 2.65 bits per heavy atom. The van der Waals surface area contributed by atoms with Gasteiger partial charge in [-0.3, -0.25) is 9.59 Å². The summed E-state index contributed by atoms with van der Waals surface area (Å²) in [6.45, 7) is 3.89. The average molecular weight is 523 g/mol. The number of rotatable bonds is 11. The van der Waals surface area contributed by atoms with Crippen molar-refractivity contribution in [1.29, 1.82) is 0 Å². The summed E-state index contributed by atoms with van der Waals surface area (Å²) in [6.07, 6.45) is 1.43. The van der Waals surface area contributed by atoms with Crippen LogP contribution in [0.3, 0.4) is 0 Å². The molecule has 2 aromatic carbocycles. The molecule has 0 spiro atoms. The molecule has 0 aliphatic carbocycles. The molecular formula is C29H34N2O5S. The lowest BCUT2D eigenvalue weighted by Gasteiger charge is -2.37. The number of fused-ring (bicyclic) bond motifs is 1. The van der Waals surface area contributed by atoms with E-state index in [1.165, 1.54) is 4.88 Å². The standard InChI is InChI=1S/C29H34N2O5S/c1-21-8-10-23(11-9-21)36-20-26-25-13-17-37-27(25)12-15-31(26)28(32)19-30(14-5-16-34-2)29(33)22-6-4-7-24(18-22)35-3/h4,6-11,13,17-18,26H,5,12,14-16,19-20H2,1-3H3/t26-/m0/s1. The Kier molecular flexibility index (Phi) is 9.19. The molecule has 1 aliphatic heterocycles. The van der Waals surface area contributed by atoms with E-state index in [1.807, 2.05) is 36.1 Å². The lowest BCUT2D eigenvalue weighted by Crippen LogP contribution is -2.48. The normalized spacial score (nSPS) is 14.7. The third kappa shape index (κ3) is 6.70. The Bertz CT molecular complexity index is 1190. The van der Waals surface area contributed by atoms with Crippen molar-refractivity contribution in [3.05, 3.63) is 81.5 Å². The molecule has 0 saturated carbocycles. The molecule has 1 aromatic heterocycles. The first kappa shape index (κ1) is 26.7. The van der Waals surface area contributed by atoms with Gasteiger partial charge < -0.3 is 24.0 Å². The molecule has 2 amide bonds. The Morgan fingerprint density at radius 1 is 1.08 bits per heavy atom. The monoisotopic (exact) mass is 522 g/mol. The second-order valence-corrected chi connectivity index (χ2v) is 10.1. The molecule has 2 heterocycles. The van der Waals surface area contributed by atoms with Gasteiger partial charge in [0.05, 0.1) is 13.2 Å². The topological polar surface area (TPSA) is 68.3 Å². The molecule has 0 N–H and O–H groups in total. The number of amides is 2. The molecule has 3 aromatic rings. The van der Waals surface area contributed by atoms with E-state index in [-0.39, 0.29) is 24.4 Å². The van der Waals surface area contributed by atoms with E-state index >= 15 is 0 Å². The number of hydrogen-bond acceptors (Lipinski definition) is 6. The average Bonchev–Trinajstić information content (AvgIpc) is 3.41. The lowest BCUT2D eigenvalue weighted by molar-refractivity contribution is -0.135. The molecule has 0 bridgehead atoms. The Morgan fingerprint density at radius 2 is 1.89 bits per heavy atom. The first-order valence-electron chi connectivity index (χ1n) is 12.5. The molecule has 4 rings (SSSR count). The Balaban J connectivity index is 1.52. The molecule has 7 nitrogen and oxygen atoms in total. The van der Waals surface area contributed by atoms with E-state index in [1.54, 1.807) is 54.7 Å². The van der Waals surface area contributed by atoms with E-state index in [0.29, 0.717) is 44.0 Å². The highest BCUT2D eigenvalue weighted by Crippen LogP contribution is 2.34. The quantitative estimate of drug-likeness (QED) is 0.340. The molecule has 8 heteroatoms. The van der Waals surface area contributed by atoms with Crippen LogP contribution < -0.4 is 9.47 Å². The maximum absolute atomic E-state index is 13.7. The van der Waals surface area contributed by atoms with Crippen LogP contribution in [-0.2, 0) is 16.0 Å². The number of ether oxygens (including phenoxy) is 3. The SMILES string of the molecule is COCCCN(CC(=O)N1CCc2sccc2[C@@H]1COc1ccc(C)cc1)C(=O)c1cccc(OC)c1. The second kappa shape index (κ2) is 12.7. The highest BCUT2D eigenvalue weighted by atomic mass is 32.1. The van der Waals surface area contributed by atoms with E-state index in [4.69, 9.17) is 14.2 Å². The van der Waals surface area contributed by atoms with E-state index in [2.05, 4.69) is 11.4 Å². The van der Waals surface area contributed by atoms with Gasteiger partial charge in [-0.25, -0.2) is 0 Å². The van der Waals surface area contributed by atoms with Crippen molar-refractivity contribution in [1.82, 2.24) is 9.80 Å². The molecule has 0 fully saturated rings. The predicted octanol–water partition coefficient (Wildman–Crippen LogP) is 4.75. The summed E-state index contributed by atoms with van der Waals surface area (Å²) < 4.78 is 16.6. The van der Waals surface area contributed by atoms with Crippen molar-refractivity contribution in [2.75, 3.05) is 47.1 Å². The highest BCUT2D eigenvalue weighted by molar-refractivity contribution is 7.10. The van der Waals surface area contributed by atoms with Crippen LogP contribution in [0.25, 0.3) is 0 Å². The molecule has 196 valence electrons. The Labute approximate surface area is 222 Å². The maximum atomic E-state index is 13.7. The van der Waals surface area contributed by atoms with Gasteiger partial charge in [-0.05, 0) is 67.1 Å². The van der Waals surface area contributed by atoms with Crippen LogP contribution in [0.15, 0.2) is 60.0 Å². The molecule has 1 aliphatic rings. The second-order valence-electron chi connectivity index (χ2n) is 9.08. The fraction of sp³-hybridized carbons (Fsp3) is 0.379. The number of benzene rings is 2. The van der Waals surface area contributed by atoms with Crippen molar-refractivity contribution in [3.63, 3.8) is 0 Å². The van der Waals surface area contributed by atoms with E-state index < -0.39 is 0 Å². The van der Waals surface area contributed by atoms with Crippen LogP contribution in [-0.4, -0.2) is 68.7 Å². The first-order valence-corrected chi connectivity index (χ1v) is 13.4. The molecule has 1 atom stereocenters. The number of aryl methyl sites for hydroxylation is 1. The summed E-state index contributed by atoms with van der Waals surface area (Å²) in [7, 11) is 3.20. The lowest BCUT2D eigenvalue weighted by atomic mass is 10.00. The molecule has 0 radical (unpaired) electrons. The summed E-state index contributed by atoms with van der Waals surface area (Å²) in [4.78, 5) is 31.9. The smallest absolute Gasteiger partial charge is 0.254 e. The minimum Gasteiger partial charge on any atom is -0.497 e.